The molecule has 0 spiro atoms. The highest BCUT2D eigenvalue weighted by Crippen LogP contribution is 2.44. The Balaban J connectivity index is 1.83. The zero-order valence-electron chi connectivity index (χ0n) is 17.6. The Hall–Kier alpha value is -2.91. The number of benzene rings is 2. The lowest BCUT2D eigenvalue weighted by molar-refractivity contribution is -0.116. The molecular weight excluding hydrogens is 444 g/mol. The van der Waals surface area contributed by atoms with E-state index in [9.17, 15) is 13.2 Å². The summed E-state index contributed by atoms with van der Waals surface area (Å²) in [6, 6.07) is 10.0. The van der Waals surface area contributed by atoms with Gasteiger partial charge in [0.05, 0.1) is 26.5 Å². The first-order chi connectivity index (χ1) is 14.7. The summed E-state index contributed by atoms with van der Waals surface area (Å²) in [5, 5.41) is 3.20. The van der Waals surface area contributed by atoms with Gasteiger partial charge >= 0.3 is 0 Å². The summed E-state index contributed by atoms with van der Waals surface area (Å²) in [7, 11) is 0.293. The first kappa shape index (κ1) is 22.8. The van der Waals surface area contributed by atoms with Crippen LogP contribution in [0.25, 0.3) is 5.57 Å². The Morgan fingerprint density at radius 2 is 1.71 bits per heavy atom. The number of nitrogens with zero attached hydrogens (tertiary/aromatic N) is 1. The first-order valence-electron chi connectivity index (χ1n) is 9.33. The maximum Gasteiger partial charge on any atom is 0.269 e. The standard InChI is InChI=1S/C21H23ClN2O6S/c1-13-16-11-18(28-3)19(29-4)12-17(16)24(2)31(26,27)20(13)21(25)23-9-10-30-15-7-5-14(22)6-8-15/h5-8,11-12H,9-10H2,1-4H3,(H,23,25). The summed E-state index contributed by atoms with van der Waals surface area (Å²) in [5.41, 5.74) is 1.29. The minimum Gasteiger partial charge on any atom is -0.493 e. The molecule has 1 N–H and O–H groups in total. The highest BCUT2D eigenvalue weighted by molar-refractivity contribution is 7.97. The number of allylic oxidation sites excluding steroid dienone is 1. The third-order valence-corrected chi connectivity index (χ3v) is 7.06. The molecule has 166 valence electrons. The SMILES string of the molecule is COc1cc2c(cc1OC)N(C)S(=O)(=O)C(C(=O)NCCOc1ccc(Cl)cc1)=C2C. The van der Waals surface area contributed by atoms with E-state index < -0.39 is 15.9 Å². The van der Waals surface area contributed by atoms with E-state index in [1.807, 2.05) is 0 Å². The summed E-state index contributed by atoms with van der Waals surface area (Å²) in [6.45, 7) is 1.88. The van der Waals surface area contributed by atoms with Crippen LogP contribution in [0.5, 0.6) is 17.2 Å². The van der Waals surface area contributed by atoms with Crippen molar-refractivity contribution in [2.45, 2.75) is 6.92 Å². The van der Waals surface area contributed by atoms with Gasteiger partial charge in [-0.05, 0) is 42.8 Å². The van der Waals surface area contributed by atoms with Gasteiger partial charge in [-0.3, -0.25) is 9.10 Å². The van der Waals surface area contributed by atoms with E-state index in [0.29, 0.717) is 39.1 Å². The zero-order chi connectivity index (χ0) is 22.8. The second kappa shape index (κ2) is 9.07. The number of hydrogen-bond donors (Lipinski definition) is 1. The number of ether oxygens (including phenoxy) is 3. The monoisotopic (exact) mass is 466 g/mol. The summed E-state index contributed by atoms with van der Waals surface area (Å²) in [6.07, 6.45) is 0. The molecular formula is C21H23ClN2O6S. The molecule has 0 saturated heterocycles. The molecule has 10 heteroatoms. The normalized spacial score (nSPS) is 14.7. The number of rotatable bonds is 7. The molecule has 0 aromatic heterocycles. The van der Waals surface area contributed by atoms with Gasteiger partial charge in [0.2, 0.25) is 0 Å². The number of nitrogens with one attached hydrogen (secondary N) is 1. The number of amides is 1. The van der Waals surface area contributed by atoms with Crippen LogP contribution in [0, 0.1) is 0 Å². The first-order valence-corrected chi connectivity index (χ1v) is 11.1. The van der Waals surface area contributed by atoms with Crippen molar-refractivity contribution in [1.82, 2.24) is 5.32 Å². The molecule has 1 aliphatic rings. The molecule has 0 atom stereocenters. The van der Waals surface area contributed by atoms with Crippen LogP contribution in [0.4, 0.5) is 5.69 Å². The van der Waals surface area contributed by atoms with Gasteiger partial charge < -0.3 is 19.5 Å². The molecule has 2 aromatic carbocycles. The summed E-state index contributed by atoms with van der Waals surface area (Å²) < 4.78 is 43.3. The molecule has 1 heterocycles. The van der Waals surface area contributed by atoms with Crippen LogP contribution in [0.15, 0.2) is 41.3 Å². The minimum atomic E-state index is -4.05. The number of fused-ring (bicyclic) bond motifs is 1. The Labute approximate surface area is 186 Å². The number of hydrogen-bond acceptors (Lipinski definition) is 6. The van der Waals surface area contributed by atoms with Gasteiger partial charge in [-0.25, -0.2) is 8.42 Å². The average molecular weight is 467 g/mol. The van der Waals surface area contributed by atoms with Crippen LogP contribution >= 0.6 is 11.6 Å². The highest BCUT2D eigenvalue weighted by atomic mass is 35.5. The maximum absolute atomic E-state index is 13.1. The van der Waals surface area contributed by atoms with Crippen molar-refractivity contribution in [2.24, 2.45) is 0 Å². The molecule has 0 fully saturated rings. The predicted octanol–water partition coefficient (Wildman–Crippen LogP) is 3.06. The van der Waals surface area contributed by atoms with Gasteiger partial charge in [-0.15, -0.1) is 0 Å². The Kier molecular flexibility index (Phi) is 6.66. The van der Waals surface area contributed by atoms with Crippen LogP contribution in [0.1, 0.15) is 12.5 Å². The van der Waals surface area contributed by atoms with Crippen molar-refractivity contribution in [2.75, 3.05) is 38.7 Å². The lowest BCUT2D eigenvalue weighted by Crippen LogP contribution is -2.40. The Morgan fingerprint density at radius 3 is 2.32 bits per heavy atom. The van der Waals surface area contributed by atoms with Crippen molar-refractivity contribution in [1.29, 1.82) is 0 Å². The van der Waals surface area contributed by atoms with E-state index in [-0.39, 0.29) is 18.1 Å². The molecule has 0 bridgehead atoms. The predicted molar refractivity (Wildman–Crippen MR) is 119 cm³/mol. The van der Waals surface area contributed by atoms with E-state index in [4.69, 9.17) is 25.8 Å². The molecule has 1 aliphatic heterocycles. The third kappa shape index (κ3) is 4.42. The van der Waals surface area contributed by atoms with Crippen molar-refractivity contribution in [3.63, 3.8) is 0 Å². The third-order valence-electron chi connectivity index (χ3n) is 4.88. The lowest BCUT2D eigenvalue weighted by atomic mass is 10.0. The van der Waals surface area contributed by atoms with Crippen molar-refractivity contribution in [3.05, 3.63) is 51.9 Å². The Bertz CT molecular complexity index is 1130. The topological polar surface area (TPSA) is 94.2 Å². The molecule has 0 unspecified atom stereocenters. The van der Waals surface area contributed by atoms with Crippen molar-refractivity contribution >= 4 is 38.8 Å². The van der Waals surface area contributed by atoms with Gasteiger partial charge in [0.1, 0.15) is 12.4 Å². The number of sulfonamides is 1. The fourth-order valence-electron chi connectivity index (χ4n) is 3.24. The number of halogens is 1. The fraction of sp³-hybridized carbons (Fsp3) is 0.286. The smallest absolute Gasteiger partial charge is 0.269 e. The zero-order valence-corrected chi connectivity index (χ0v) is 19.1. The van der Waals surface area contributed by atoms with Gasteiger partial charge in [-0.2, -0.15) is 0 Å². The Morgan fingerprint density at radius 1 is 1.10 bits per heavy atom. The largest absolute Gasteiger partial charge is 0.493 e. The minimum absolute atomic E-state index is 0.121. The van der Waals surface area contributed by atoms with Gasteiger partial charge in [-0.1, -0.05) is 11.6 Å². The van der Waals surface area contributed by atoms with Gasteiger partial charge in [0.15, 0.2) is 16.4 Å². The summed E-state index contributed by atoms with van der Waals surface area (Å²) in [5.74, 6) is 0.714. The summed E-state index contributed by atoms with van der Waals surface area (Å²) >= 11 is 5.83. The van der Waals surface area contributed by atoms with E-state index in [0.717, 1.165) is 4.31 Å². The summed E-state index contributed by atoms with van der Waals surface area (Å²) in [4.78, 5) is 12.5. The van der Waals surface area contributed by atoms with Crippen LogP contribution < -0.4 is 23.8 Å². The quantitative estimate of drug-likeness (QED) is 0.630. The van der Waals surface area contributed by atoms with Crippen molar-refractivity contribution < 1.29 is 27.4 Å². The number of methoxy groups -OCH3 is 2. The van der Waals surface area contributed by atoms with Gasteiger partial charge in [0, 0.05) is 23.7 Å². The van der Waals surface area contributed by atoms with E-state index in [1.165, 1.54) is 21.3 Å². The fourth-order valence-corrected chi connectivity index (χ4v) is 4.86. The second-order valence-electron chi connectivity index (χ2n) is 6.71. The van der Waals surface area contributed by atoms with Crippen LogP contribution in [0.2, 0.25) is 5.02 Å². The molecule has 0 saturated carbocycles. The number of carbonyl (C=O) groups is 1. The van der Waals surface area contributed by atoms with Crippen molar-refractivity contribution in [3.8, 4) is 17.2 Å². The molecule has 8 nitrogen and oxygen atoms in total. The molecule has 2 aromatic rings. The highest BCUT2D eigenvalue weighted by Gasteiger charge is 2.38. The molecule has 0 aliphatic carbocycles. The van der Waals surface area contributed by atoms with Crippen LogP contribution in [-0.2, 0) is 14.8 Å². The molecule has 31 heavy (non-hydrogen) atoms. The molecule has 1 amide bonds. The molecule has 3 rings (SSSR count). The van der Waals surface area contributed by atoms with E-state index in [2.05, 4.69) is 5.32 Å². The van der Waals surface area contributed by atoms with E-state index >= 15 is 0 Å². The average Bonchev–Trinajstić information content (AvgIpc) is 2.75. The van der Waals surface area contributed by atoms with E-state index in [1.54, 1.807) is 43.3 Å². The molecule has 0 radical (unpaired) electrons. The van der Waals surface area contributed by atoms with Crippen LogP contribution in [0.3, 0.4) is 0 Å². The lowest BCUT2D eigenvalue weighted by Gasteiger charge is -2.30. The van der Waals surface area contributed by atoms with Crippen LogP contribution in [-0.4, -0.2) is 48.7 Å². The number of carbonyl (C=O) groups excluding carboxylic acids is 1. The second-order valence-corrected chi connectivity index (χ2v) is 9.05. The van der Waals surface area contributed by atoms with Gasteiger partial charge in [0.25, 0.3) is 15.9 Å². The number of anilines is 1. The maximum atomic E-state index is 13.1.